The highest BCUT2D eigenvalue weighted by atomic mass is 16.3. The number of hydrogen-bond donors (Lipinski definition) is 1. The Morgan fingerprint density at radius 2 is 2.38 bits per heavy atom. The Morgan fingerprint density at radius 3 is 3.17 bits per heavy atom. The molecule has 4 rings (SSSR count). The number of rotatable bonds is 3. The smallest absolute Gasteiger partial charge is 0.262 e. The molecule has 8 nitrogen and oxygen atoms in total. The maximum Gasteiger partial charge on any atom is 0.262 e. The molecule has 4 heterocycles. The Bertz CT molecular complexity index is 940. The second-order valence-corrected chi connectivity index (χ2v) is 5.97. The van der Waals surface area contributed by atoms with Gasteiger partial charge in [-0.15, -0.1) is 0 Å². The molecular formula is C16H17N5O3. The summed E-state index contributed by atoms with van der Waals surface area (Å²) < 4.78 is 7.33. The van der Waals surface area contributed by atoms with Crippen molar-refractivity contribution in [2.24, 2.45) is 0 Å². The molecule has 3 aromatic rings. The molecule has 3 aromatic heterocycles. The first-order valence-electron chi connectivity index (χ1n) is 7.90. The van der Waals surface area contributed by atoms with Gasteiger partial charge < -0.3 is 14.3 Å². The third-order valence-corrected chi connectivity index (χ3v) is 4.48. The molecule has 1 fully saturated rings. The van der Waals surface area contributed by atoms with E-state index in [1.165, 1.54) is 6.33 Å². The van der Waals surface area contributed by atoms with Gasteiger partial charge in [0.25, 0.3) is 11.5 Å². The van der Waals surface area contributed by atoms with Crippen molar-refractivity contribution >= 4 is 17.0 Å². The summed E-state index contributed by atoms with van der Waals surface area (Å²) in [5, 5.41) is 4.44. The van der Waals surface area contributed by atoms with Crippen molar-refractivity contribution in [3.63, 3.8) is 0 Å². The Morgan fingerprint density at radius 1 is 1.50 bits per heavy atom. The van der Waals surface area contributed by atoms with Crippen LogP contribution in [0.1, 0.15) is 29.0 Å². The summed E-state index contributed by atoms with van der Waals surface area (Å²) in [7, 11) is 0. The van der Waals surface area contributed by atoms with E-state index in [4.69, 9.17) is 4.42 Å². The van der Waals surface area contributed by atoms with Gasteiger partial charge in [0.2, 0.25) is 5.71 Å². The van der Waals surface area contributed by atoms with Crippen LogP contribution in [0.4, 0.5) is 0 Å². The standard InChI is InChI=1S/C16H17N5O3/c1-10-12(13-14(22)17-9-18-15(13)24-10)16(23)21-7-2-4-11(21)8-20-6-3-5-19-20/h3,5-6,9,11H,2,4,7-8H2,1H3,(H,17,18,22). The lowest BCUT2D eigenvalue weighted by Crippen LogP contribution is -2.38. The van der Waals surface area contributed by atoms with Crippen LogP contribution in [-0.4, -0.2) is 43.1 Å². The summed E-state index contributed by atoms with van der Waals surface area (Å²) in [6.07, 6.45) is 6.72. The largest absolute Gasteiger partial charge is 0.442 e. The van der Waals surface area contributed by atoms with Crippen molar-refractivity contribution in [2.45, 2.75) is 32.4 Å². The number of amides is 1. The van der Waals surface area contributed by atoms with Crippen LogP contribution in [0, 0.1) is 6.92 Å². The van der Waals surface area contributed by atoms with Gasteiger partial charge >= 0.3 is 0 Å². The fourth-order valence-electron chi connectivity index (χ4n) is 3.37. The van der Waals surface area contributed by atoms with Crippen LogP contribution in [0.25, 0.3) is 11.1 Å². The number of fused-ring (bicyclic) bond motifs is 1. The molecule has 0 radical (unpaired) electrons. The molecule has 1 unspecified atom stereocenters. The van der Waals surface area contributed by atoms with E-state index >= 15 is 0 Å². The highest BCUT2D eigenvalue weighted by Crippen LogP contribution is 2.27. The molecule has 1 aliphatic rings. The lowest BCUT2D eigenvalue weighted by molar-refractivity contribution is 0.0721. The fraction of sp³-hybridized carbons (Fsp3) is 0.375. The van der Waals surface area contributed by atoms with Gasteiger partial charge in [-0.1, -0.05) is 0 Å². The van der Waals surface area contributed by atoms with Crippen molar-refractivity contribution in [3.05, 3.63) is 46.5 Å². The Hall–Kier alpha value is -2.90. The van der Waals surface area contributed by atoms with Crippen LogP contribution in [0.3, 0.4) is 0 Å². The number of aromatic nitrogens is 4. The SMILES string of the molecule is Cc1oc2nc[nH]c(=O)c2c1C(=O)N1CCCC1Cn1cccn1. The van der Waals surface area contributed by atoms with Crippen molar-refractivity contribution in [2.75, 3.05) is 6.54 Å². The minimum Gasteiger partial charge on any atom is -0.442 e. The maximum atomic E-state index is 13.1. The molecule has 1 amide bonds. The van der Waals surface area contributed by atoms with Gasteiger partial charge in [0.05, 0.1) is 24.5 Å². The molecule has 1 saturated heterocycles. The third-order valence-electron chi connectivity index (χ3n) is 4.48. The predicted octanol–water partition coefficient (Wildman–Crippen LogP) is 1.33. The zero-order valence-corrected chi connectivity index (χ0v) is 13.2. The third kappa shape index (κ3) is 2.31. The molecule has 1 atom stereocenters. The summed E-state index contributed by atoms with van der Waals surface area (Å²) in [6.45, 7) is 2.99. The Kier molecular flexibility index (Phi) is 3.44. The molecule has 0 spiro atoms. The number of nitrogens with one attached hydrogen (secondary N) is 1. The van der Waals surface area contributed by atoms with E-state index in [2.05, 4.69) is 15.1 Å². The average molecular weight is 327 g/mol. The van der Waals surface area contributed by atoms with Gasteiger partial charge in [0.1, 0.15) is 11.1 Å². The second kappa shape index (κ2) is 5.63. The summed E-state index contributed by atoms with van der Waals surface area (Å²) in [6, 6.07) is 1.91. The van der Waals surface area contributed by atoms with E-state index in [-0.39, 0.29) is 28.6 Å². The van der Waals surface area contributed by atoms with Crippen LogP contribution in [0.2, 0.25) is 0 Å². The first kappa shape index (κ1) is 14.7. The van der Waals surface area contributed by atoms with Gasteiger partial charge in [0.15, 0.2) is 0 Å². The van der Waals surface area contributed by atoms with Gasteiger partial charge in [-0.3, -0.25) is 14.3 Å². The maximum absolute atomic E-state index is 13.1. The lowest BCUT2D eigenvalue weighted by atomic mass is 10.1. The zero-order chi connectivity index (χ0) is 16.7. The molecule has 1 N–H and O–H groups in total. The van der Waals surface area contributed by atoms with Gasteiger partial charge in [-0.2, -0.15) is 5.10 Å². The van der Waals surface area contributed by atoms with E-state index in [1.807, 2.05) is 21.8 Å². The monoisotopic (exact) mass is 327 g/mol. The minimum absolute atomic E-state index is 0.0532. The van der Waals surface area contributed by atoms with Crippen LogP contribution in [0.15, 0.2) is 34.0 Å². The predicted molar refractivity (Wildman–Crippen MR) is 85.7 cm³/mol. The number of likely N-dealkylation sites (tertiary alicyclic amines) is 1. The number of aryl methyl sites for hydroxylation is 1. The van der Waals surface area contributed by atoms with Crippen molar-refractivity contribution < 1.29 is 9.21 Å². The van der Waals surface area contributed by atoms with E-state index in [9.17, 15) is 9.59 Å². The molecular weight excluding hydrogens is 310 g/mol. The highest BCUT2D eigenvalue weighted by Gasteiger charge is 2.33. The minimum atomic E-state index is -0.358. The number of hydrogen-bond acceptors (Lipinski definition) is 5. The topological polar surface area (TPSA) is 97.0 Å². The molecule has 8 heteroatoms. The first-order valence-corrected chi connectivity index (χ1v) is 7.90. The number of nitrogens with zero attached hydrogens (tertiary/aromatic N) is 4. The number of furan rings is 1. The summed E-state index contributed by atoms with van der Waals surface area (Å²) >= 11 is 0. The van der Waals surface area contributed by atoms with Gasteiger partial charge in [0, 0.05) is 18.9 Å². The summed E-state index contributed by atoms with van der Waals surface area (Å²) in [5.41, 5.74) is 0.150. The zero-order valence-electron chi connectivity index (χ0n) is 13.2. The quantitative estimate of drug-likeness (QED) is 0.782. The Labute approximate surface area is 137 Å². The van der Waals surface area contributed by atoms with Gasteiger partial charge in [-0.05, 0) is 25.8 Å². The van der Waals surface area contributed by atoms with Crippen LogP contribution in [-0.2, 0) is 6.54 Å². The Balaban J connectivity index is 1.70. The highest BCUT2D eigenvalue weighted by molar-refractivity contribution is 6.06. The van der Waals surface area contributed by atoms with Crippen molar-refractivity contribution in [1.82, 2.24) is 24.6 Å². The van der Waals surface area contributed by atoms with E-state index in [0.717, 1.165) is 12.8 Å². The van der Waals surface area contributed by atoms with E-state index in [0.29, 0.717) is 24.4 Å². The molecule has 0 aromatic carbocycles. The first-order chi connectivity index (χ1) is 11.6. The molecule has 1 aliphatic heterocycles. The van der Waals surface area contributed by atoms with Crippen LogP contribution >= 0.6 is 0 Å². The number of aromatic amines is 1. The number of H-pyrrole nitrogens is 1. The molecule has 124 valence electrons. The van der Waals surface area contributed by atoms with E-state index < -0.39 is 0 Å². The summed E-state index contributed by atoms with van der Waals surface area (Å²) in [4.78, 5) is 33.5. The fourth-order valence-corrected chi connectivity index (χ4v) is 3.37. The van der Waals surface area contributed by atoms with Crippen molar-refractivity contribution in [3.8, 4) is 0 Å². The van der Waals surface area contributed by atoms with Crippen molar-refractivity contribution in [1.29, 1.82) is 0 Å². The van der Waals surface area contributed by atoms with Gasteiger partial charge in [-0.25, -0.2) is 4.98 Å². The summed E-state index contributed by atoms with van der Waals surface area (Å²) in [5.74, 6) is 0.239. The van der Waals surface area contributed by atoms with Crippen LogP contribution in [0.5, 0.6) is 0 Å². The molecule has 0 bridgehead atoms. The molecule has 0 saturated carbocycles. The molecule has 24 heavy (non-hydrogen) atoms. The molecule has 0 aliphatic carbocycles. The van der Waals surface area contributed by atoms with Crippen LogP contribution < -0.4 is 5.56 Å². The number of carbonyl (C=O) groups is 1. The lowest BCUT2D eigenvalue weighted by Gasteiger charge is -2.24. The van der Waals surface area contributed by atoms with E-state index in [1.54, 1.807) is 13.1 Å². The second-order valence-electron chi connectivity index (χ2n) is 5.97. The average Bonchev–Trinajstić information content (AvgIpc) is 3.27. The number of carbonyl (C=O) groups excluding carboxylic acids is 1. The normalized spacial score (nSPS) is 17.7.